The van der Waals surface area contributed by atoms with Crippen molar-refractivity contribution in [3.63, 3.8) is 0 Å². The summed E-state index contributed by atoms with van der Waals surface area (Å²) in [6, 6.07) is 0. The molecule has 1 heterocycles. The van der Waals surface area contributed by atoms with Crippen molar-refractivity contribution in [2.24, 2.45) is 0 Å². The Balaban J connectivity index is 2.41. The fraction of sp³-hybridized carbons (Fsp3) is 0.750. The lowest BCUT2D eigenvalue weighted by Crippen LogP contribution is -1.90. The van der Waals surface area contributed by atoms with Gasteiger partial charge in [0.2, 0.25) is 5.89 Å². The quantitative estimate of drug-likeness (QED) is 0.714. The fourth-order valence-corrected chi connectivity index (χ4v) is 0.947. The summed E-state index contributed by atoms with van der Waals surface area (Å²) < 4.78 is 4.95. The summed E-state index contributed by atoms with van der Waals surface area (Å²) in [4.78, 5) is 4.15. The molecule has 0 saturated carbocycles. The van der Waals surface area contributed by atoms with E-state index in [-0.39, 0.29) is 6.61 Å². The molecule has 12 heavy (non-hydrogen) atoms. The van der Waals surface area contributed by atoms with Crippen LogP contribution in [0.25, 0.3) is 0 Å². The van der Waals surface area contributed by atoms with Gasteiger partial charge >= 0.3 is 0 Å². The van der Waals surface area contributed by atoms with Gasteiger partial charge in [0.05, 0.1) is 0 Å². The first-order chi connectivity index (χ1) is 5.86. The Hall–Kier alpha value is -0.900. The van der Waals surface area contributed by atoms with Crippen LogP contribution in [0.15, 0.2) is 4.52 Å². The highest BCUT2D eigenvalue weighted by Gasteiger charge is 2.03. The molecular weight excluding hydrogens is 156 g/mol. The number of hydrogen-bond acceptors (Lipinski definition) is 4. The van der Waals surface area contributed by atoms with Gasteiger partial charge < -0.3 is 9.63 Å². The first-order valence-corrected chi connectivity index (χ1v) is 4.29. The summed E-state index contributed by atoms with van der Waals surface area (Å²) in [5.41, 5.74) is 0. The molecule has 0 aromatic carbocycles. The van der Waals surface area contributed by atoms with E-state index >= 15 is 0 Å². The molecule has 1 N–H and O–H groups in total. The zero-order valence-corrected chi connectivity index (χ0v) is 7.29. The summed E-state index contributed by atoms with van der Waals surface area (Å²) in [6.07, 6.45) is 3.25. The van der Waals surface area contributed by atoms with E-state index in [0.717, 1.165) is 18.7 Å². The lowest BCUT2D eigenvalue weighted by atomic mass is 10.3. The Bertz CT molecular complexity index is 223. The molecule has 0 saturated heterocycles. The Morgan fingerprint density at radius 3 is 2.92 bits per heavy atom. The van der Waals surface area contributed by atoms with Crippen molar-refractivity contribution < 1.29 is 9.63 Å². The fourth-order valence-electron chi connectivity index (χ4n) is 0.947. The number of nitrogens with zero attached hydrogens (tertiary/aromatic N) is 2. The Kier molecular flexibility index (Phi) is 3.73. The molecular formula is C8H14N2O2. The minimum absolute atomic E-state index is 0.172. The SMILES string of the molecule is CCCc1noc(CCCO)n1. The zero-order valence-electron chi connectivity index (χ0n) is 7.29. The first-order valence-electron chi connectivity index (χ1n) is 4.29. The van der Waals surface area contributed by atoms with Crippen LogP contribution in [0.2, 0.25) is 0 Å². The van der Waals surface area contributed by atoms with Crippen LogP contribution in [0.1, 0.15) is 31.5 Å². The van der Waals surface area contributed by atoms with Crippen molar-refractivity contribution >= 4 is 0 Å². The van der Waals surface area contributed by atoms with Crippen molar-refractivity contribution in [1.29, 1.82) is 0 Å². The zero-order chi connectivity index (χ0) is 8.81. The van der Waals surface area contributed by atoms with E-state index in [0.29, 0.717) is 18.7 Å². The van der Waals surface area contributed by atoms with Crippen LogP contribution in [0.5, 0.6) is 0 Å². The van der Waals surface area contributed by atoms with Crippen molar-refractivity contribution in [2.75, 3.05) is 6.61 Å². The maximum absolute atomic E-state index is 8.55. The van der Waals surface area contributed by atoms with Crippen LogP contribution in [-0.4, -0.2) is 21.9 Å². The molecule has 4 heteroatoms. The van der Waals surface area contributed by atoms with Gasteiger partial charge in [-0.2, -0.15) is 4.98 Å². The van der Waals surface area contributed by atoms with Gasteiger partial charge in [0, 0.05) is 19.4 Å². The average molecular weight is 170 g/mol. The van der Waals surface area contributed by atoms with E-state index in [2.05, 4.69) is 17.1 Å². The number of aromatic nitrogens is 2. The van der Waals surface area contributed by atoms with E-state index in [1.54, 1.807) is 0 Å². The van der Waals surface area contributed by atoms with Gasteiger partial charge in [0.1, 0.15) is 0 Å². The van der Waals surface area contributed by atoms with Crippen LogP contribution >= 0.6 is 0 Å². The van der Waals surface area contributed by atoms with Gasteiger partial charge in [-0.1, -0.05) is 12.1 Å². The molecule has 0 aliphatic rings. The van der Waals surface area contributed by atoms with Crippen LogP contribution in [0.3, 0.4) is 0 Å². The number of hydrogen-bond donors (Lipinski definition) is 1. The van der Waals surface area contributed by atoms with Crippen molar-refractivity contribution in [2.45, 2.75) is 32.6 Å². The Morgan fingerprint density at radius 2 is 2.25 bits per heavy atom. The van der Waals surface area contributed by atoms with E-state index < -0.39 is 0 Å². The molecule has 0 spiro atoms. The Morgan fingerprint density at radius 1 is 1.42 bits per heavy atom. The first kappa shape index (κ1) is 9.19. The van der Waals surface area contributed by atoms with Gasteiger partial charge in [-0.05, 0) is 12.8 Å². The lowest BCUT2D eigenvalue weighted by molar-refractivity contribution is 0.278. The highest BCUT2D eigenvalue weighted by molar-refractivity contribution is 4.86. The molecule has 0 unspecified atom stereocenters. The third-order valence-corrected chi connectivity index (χ3v) is 1.53. The molecule has 1 aromatic heterocycles. The van der Waals surface area contributed by atoms with Crippen LogP contribution in [0.4, 0.5) is 0 Å². The maximum atomic E-state index is 8.55. The molecule has 0 aliphatic carbocycles. The predicted octanol–water partition coefficient (Wildman–Crippen LogP) is 0.947. The highest BCUT2D eigenvalue weighted by Crippen LogP contribution is 2.02. The molecule has 68 valence electrons. The van der Waals surface area contributed by atoms with Crippen molar-refractivity contribution in [3.05, 3.63) is 11.7 Å². The monoisotopic (exact) mass is 170 g/mol. The summed E-state index contributed by atoms with van der Waals surface area (Å²) in [6.45, 7) is 2.25. The normalized spacial score (nSPS) is 10.5. The second-order valence-corrected chi connectivity index (χ2v) is 2.68. The molecule has 1 rings (SSSR count). The van der Waals surface area contributed by atoms with Crippen molar-refractivity contribution in [3.8, 4) is 0 Å². The molecule has 0 aliphatic heterocycles. The van der Waals surface area contributed by atoms with E-state index in [1.165, 1.54) is 0 Å². The van der Waals surface area contributed by atoms with Crippen LogP contribution in [-0.2, 0) is 12.8 Å². The summed E-state index contributed by atoms with van der Waals surface area (Å²) in [7, 11) is 0. The maximum Gasteiger partial charge on any atom is 0.226 e. The Labute approximate surface area is 71.6 Å². The second kappa shape index (κ2) is 4.87. The predicted molar refractivity (Wildman–Crippen MR) is 43.7 cm³/mol. The molecule has 4 nitrogen and oxygen atoms in total. The number of rotatable bonds is 5. The number of aliphatic hydroxyl groups excluding tert-OH is 1. The smallest absolute Gasteiger partial charge is 0.226 e. The molecule has 0 amide bonds. The largest absolute Gasteiger partial charge is 0.396 e. The van der Waals surface area contributed by atoms with Gasteiger partial charge in [-0.3, -0.25) is 0 Å². The van der Waals surface area contributed by atoms with Crippen LogP contribution < -0.4 is 0 Å². The highest BCUT2D eigenvalue weighted by atomic mass is 16.5. The minimum Gasteiger partial charge on any atom is -0.396 e. The van der Waals surface area contributed by atoms with Gasteiger partial charge in [0.15, 0.2) is 5.82 Å². The molecule has 0 atom stereocenters. The number of aryl methyl sites for hydroxylation is 2. The minimum atomic E-state index is 0.172. The molecule has 0 bridgehead atoms. The second-order valence-electron chi connectivity index (χ2n) is 2.68. The van der Waals surface area contributed by atoms with E-state index in [1.807, 2.05) is 0 Å². The molecule has 1 aromatic rings. The van der Waals surface area contributed by atoms with E-state index in [4.69, 9.17) is 9.63 Å². The summed E-state index contributed by atoms with van der Waals surface area (Å²) >= 11 is 0. The van der Waals surface area contributed by atoms with E-state index in [9.17, 15) is 0 Å². The average Bonchev–Trinajstić information content (AvgIpc) is 2.50. The molecule has 0 fully saturated rings. The summed E-state index contributed by atoms with van der Waals surface area (Å²) in [5, 5.41) is 12.3. The van der Waals surface area contributed by atoms with Gasteiger partial charge in [0.25, 0.3) is 0 Å². The van der Waals surface area contributed by atoms with Gasteiger partial charge in [-0.15, -0.1) is 0 Å². The van der Waals surface area contributed by atoms with Crippen LogP contribution in [0, 0.1) is 0 Å². The van der Waals surface area contributed by atoms with Crippen molar-refractivity contribution in [1.82, 2.24) is 10.1 Å². The summed E-state index contributed by atoms with van der Waals surface area (Å²) in [5.74, 6) is 1.40. The third kappa shape index (κ3) is 2.62. The molecule has 0 radical (unpaired) electrons. The van der Waals surface area contributed by atoms with Gasteiger partial charge in [-0.25, -0.2) is 0 Å². The standard InChI is InChI=1S/C8H14N2O2/c1-2-4-7-9-8(12-10-7)5-3-6-11/h11H,2-6H2,1H3. The lowest BCUT2D eigenvalue weighted by Gasteiger charge is -1.87. The third-order valence-electron chi connectivity index (χ3n) is 1.53. The number of aliphatic hydroxyl groups is 1. The topological polar surface area (TPSA) is 59.2 Å².